The molecule has 0 radical (unpaired) electrons. The molecule has 10 nitrogen and oxygen atoms in total. The summed E-state index contributed by atoms with van der Waals surface area (Å²) in [5.41, 5.74) is 0. The first-order valence-electron chi connectivity index (χ1n) is 20.7. The van der Waals surface area contributed by atoms with Gasteiger partial charge in [-0.15, -0.1) is 0 Å². The SMILES string of the molecule is CCCCCCCCCCCCCCCC(=O)OCC(COS(=O)(=O)NC(=O)C[N+](C)(C)C)OC(=O)CCCCCCCCCCCCCCC. The van der Waals surface area contributed by atoms with E-state index in [2.05, 4.69) is 13.8 Å². The van der Waals surface area contributed by atoms with Crippen LogP contribution >= 0.6 is 0 Å². The molecule has 0 aromatic rings. The number of esters is 2. The van der Waals surface area contributed by atoms with Gasteiger partial charge < -0.3 is 14.0 Å². The Morgan fingerprint density at radius 1 is 0.529 bits per heavy atom. The highest BCUT2D eigenvalue weighted by molar-refractivity contribution is 7.85. The monoisotopic (exact) mass is 748 g/mol. The molecule has 0 saturated heterocycles. The minimum Gasteiger partial charge on any atom is -0.462 e. The Morgan fingerprint density at radius 3 is 1.25 bits per heavy atom. The minimum atomic E-state index is -4.44. The highest BCUT2D eigenvalue weighted by Gasteiger charge is 2.25. The van der Waals surface area contributed by atoms with Crippen molar-refractivity contribution < 1.29 is 40.9 Å². The number of nitrogens with one attached hydrogen (secondary N) is 1. The van der Waals surface area contributed by atoms with Gasteiger partial charge >= 0.3 is 22.2 Å². The van der Waals surface area contributed by atoms with Crippen molar-refractivity contribution in [3.63, 3.8) is 0 Å². The van der Waals surface area contributed by atoms with Crippen LogP contribution in [0.5, 0.6) is 0 Å². The van der Waals surface area contributed by atoms with Crippen LogP contribution in [0.1, 0.15) is 194 Å². The van der Waals surface area contributed by atoms with Crippen LogP contribution in [0, 0.1) is 0 Å². The smallest absolute Gasteiger partial charge is 0.362 e. The fourth-order valence-electron chi connectivity index (χ4n) is 5.99. The van der Waals surface area contributed by atoms with E-state index in [1.54, 1.807) is 21.1 Å². The zero-order valence-corrected chi connectivity index (χ0v) is 34.4. The van der Waals surface area contributed by atoms with Crippen molar-refractivity contribution in [2.45, 2.75) is 200 Å². The highest BCUT2D eigenvalue weighted by Crippen LogP contribution is 2.15. The Hall–Kier alpha value is -1.72. The van der Waals surface area contributed by atoms with E-state index in [1.807, 2.05) is 4.72 Å². The third-order valence-electron chi connectivity index (χ3n) is 8.96. The summed E-state index contributed by atoms with van der Waals surface area (Å²) in [5.74, 6) is -1.64. The standard InChI is InChI=1S/C40H78N2O8S/c1-6-8-10-12-14-16-18-20-22-24-26-28-30-32-39(44)48-35-37(36-49-51(46,47)41-38(43)34-42(3,4)5)50-40(45)33-31-29-27-25-23-21-19-17-15-13-11-9-7-2/h37H,6-36H2,1-5H3/p+1. The first-order valence-corrected chi connectivity index (χ1v) is 22.1. The van der Waals surface area contributed by atoms with E-state index >= 15 is 0 Å². The van der Waals surface area contributed by atoms with Crippen molar-refractivity contribution in [3.05, 3.63) is 0 Å². The van der Waals surface area contributed by atoms with Crippen LogP contribution in [0.3, 0.4) is 0 Å². The van der Waals surface area contributed by atoms with E-state index in [4.69, 9.17) is 13.7 Å². The predicted molar refractivity (Wildman–Crippen MR) is 207 cm³/mol. The van der Waals surface area contributed by atoms with Gasteiger partial charge in [0.25, 0.3) is 5.91 Å². The van der Waals surface area contributed by atoms with Crippen LogP contribution in [-0.4, -0.2) is 77.8 Å². The van der Waals surface area contributed by atoms with E-state index in [0.717, 1.165) is 32.1 Å². The second-order valence-electron chi connectivity index (χ2n) is 15.5. The molecule has 0 aliphatic heterocycles. The summed E-state index contributed by atoms with van der Waals surface area (Å²) in [6, 6.07) is 0. The molecule has 1 amide bonds. The molecule has 0 aliphatic carbocycles. The maximum atomic E-state index is 12.6. The van der Waals surface area contributed by atoms with Gasteiger partial charge in [-0.25, -0.2) is 8.91 Å². The van der Waals surface area contributed by atoms with Gasteiger partial charge in [0, 0.05) is 12.8 Å². The van der Waals surface area contributed by atoms with Gasteiger partial charge in [0.1, 0.15) is 13.2 Å². The van der Waals surface area contributed by atoms with Crippen LogP contribution in [0.4, 0.5) is 0 Å². The molecular formula is C40H79N2O8S+. The highest BCUT2D eigenvalue weighted by atomic mass is 32.2. The average molecular weight is 748 g/mol. The number of unbranched alkanes of at least 4 members (excludes halogenated alkanes) is 24. The lowest BCUT2D eigenvalue weighted by Crippen LogP contribution is -2.46. The van der Waals surface area contributed by atoms with E-state index in [9.17, 15) is 22.8 Å². The van der Waals surface area contributed by atoms with E-state index < -0.39 is 40.9 Å². The molecule has 0 fully saturated rings. The number of rotatable bonds is 37. The summed E-state index contributed by atoms with van der Waals surface area (Å²) in [7, 11) is 0.827. The summed E-state index contributed by atoms with van der Waals surface area (Å²) in [4.78, 5) is 37.2. The van der Waals surface area contributed by atoms with Crippen molar-refractivity contribution in [1.29, 1.82) is 0 Å². The van der Waals surface area contributed by atoms with Crippen molar-refractivity contribution in [3.8, 4) is 0 Å². The van der Waals surface area contributed by atoms with Gasteiger partial charge in [0.2, 0.25) is 0 Å². The summed E-state index contributed by atoms with van der Waals surface area (Å²) in [5, 5.41) is 0. The number of carbonyl (C=O) groups excluding carboxylic acids is 3. The molecule has 51 heavy (non-hydrogen) atoms. The Kier molecular flexibility index (Phi) is 31.8. The maximum absolute atomic E-state index is 12.6. The van der Waals surface area contributed by atoms with Crippen molar-refractivity contribution in [2.75, 3.05) is 40.9 Å². The van der Waals surface area contributed by atoms with Gasteiger partial charge in [-0.3, -0.25) is 14.4 Å². The Labute approximate surface area is 313 Å². The van der Waals surface area contributed by atoms with Crippen LogP contribution < -0.4 is 4.72 Å². The largest absolute Gasteiger partial charge is 0.462 e. The quantitative estimate of drug-likeness (QED) is 0.0379. The number of quaternary nitrogens is 1. The second-order valence-corrected chi connectivity index (χ2v) is 16.8. The molecule has 0 heterocycles. The van der Waals surface area contributed by atoms with Gasteiger partial charge in [0.05, 0.1) is 21.1 Å². The number of likely N-dealkylation sites (N-methyl/N-ethyl adjacent to an activating group) is 1. The molecule has 0 bridgehead atoms. The maximum Gasteiger partial charge on any atom is 0.362 e. The average Bonchev–Trinajstić information content (AvgIpc) is 3.05. The zero-order chi connectivity index (χ0) is 38.1. The number of carbonyl (C=O) groups is 3. The molecule has 11 heteroatoms. The lowest BCUT2D eigenvalue weighted by atomic mass is 10.0. The summed E-state index contributed by atoms with van der Waals surface area (Å²) in [6.07, 6.45) is 30.6. The third kappa shape index (κ3) is 36.4. The van der Waals surface area contributed by atoms with Crippen LogP contribution in [0.25, 0.3) is 0 Å². The summed E-state index contributed by atoms with van der Waals surface area (Å²) in [6.45, 7) is 3.53. The first-order chi connectivity index (χ1) is 24.4. The molecule has 0 spiro atoms. The van der Waals surface area contributed by atoms with Gasteiger partial charge in [-0.1, -0.05) is 168 Å². The van der Waals surface area contributed by atoms with Crippen LogP contribution in [0.2, 0.25) is 0 Å². The molecule has 0 aromatic carbocycles. The van der Waals surface area contributed by atoms with E-state index in [0.29, 0.717) is 12.8 Å². The van der Waals surface area contributed by atoms with Crippen molar-refractivity contribution in [2.24, 2.45) is 0 Å². The van der Waals surface area contributed by atoms with Crippen LogP contribution in [0.15, 0.2) is 0 Å². The number of hydrogen-bond acceptors (Lipinski definition) is 8. The van der Waals surface area contributed by atoms with Crippen LogP contribution in [-0.2, 0) is 38.3 Å². The van der Waals surface area contributed by atoms with E-state index in [1.165, 1.54) is 122 Å². The van der Waals surface area contributed by atoms with Gasteiger partial charge in [-0.2, -0.15) is 8.42 Å². The number of amides is 1. The molecule has 1 unspecified atom stereocenters. The molecule has 0 rings (SSSR count). The third-order valence-corrected chi connectivity index (χ3v) is 9.89. The molecule has 0 aliphatic rings. The summed E-state index contributed by atoms with van der Waals surface area (Å²) >= 11 is 0. The molecule has 1 N–H and O–H groups in total. The molecule has 1 atom stereocenters. The summed E-state index contributed by atoms with van der Waals surface area (Å²) < 4.78 is 42.8. The number of hydrogen-bond donors (Lipinski definition) is 1. The number of ether oxygens (including phenoxy) is 2. The molecule has 302 valence electrons. The van der Waals surface area contributed by atoms with Crippen molar-refractivity contribution in [1.82, 2.24) is 4.72 Å². The van der Waals surface area contributed by atoms with Crippen molar-refractivity contribution >= 4 is 28.1 Å². The first kappa shape index (κ1) is 49.3. The molecular weight excluding hydrogens is 669 g/mol. The molecule has 0 saturated carbocycles. The predicted octanol–water partition coefficient (Wildman–Crippen LogP) is 9.49. The second kappa shape index (κ2) is 32.9. The fraction of sp³-hybridized carbons (Fsp3) is 0.925. The fourth-order valence-corrected chi connectivity index (χ4v) is 6.72. The molecule has 0 aromatic heterocycles. The lowest BCUT2D eigenvalue weighted by Gasteiger charge is -2.23. The Balaban J connectivity index is 4.47. The van der Waals surface area contributed by atoms with E-state index in [-0.39, 0.29) is 30.5 Å². The Morgan fingerprint density at radius 2 is 0.882 bits per heavy atom. The van der Waals surface area contributed by atoms with Gasteiger partial charge in [-0.05, 0) is 12.8 Å². The van der Waals surface area contributed by atoms with Gasteiger partial charge in [0.15, 0.2) is 12.6 Å². The minimum absolute atomic E-state index is 0.0725. The normalized spacial score (nSPS) is 12.5. The number of nitrogens with zero attached hydrogens (tertiary/aromatic N) is 1. The zero-order valence-electron chi connectivity index (χ0n) is 33.6. The Bertz CT molecular complexity index is 968. The lowest BCUT2D eigenvalue weighted by molar-refractivity contribution is -0.862. The topological polar surface area (TPSA) is 125 Å².